The normalized spacial score (nSPS) is 17.8. The van der Waals surface area contributed by atoms with Crippen LogP contribution in [-0.4, -0.2) is 37.6 Å². The Morgan fingerprint density at radius 1 is 1.22 bits per heavy atom. The van der Waals surface area contributed by atoms with E-state index in [1.54, 1.807) is 12.1 Å². The quantitative estimate of drug-likeness (QED) is 0.801. The zero-order valence-electron chi connectivity index (χ0n) is 13.5. The van der Waals surface area contributed by atoms with Crippen LogP contribution < -0.4 is 20.1 Å². The van der Waals surface area contributed by atoms with Crippen molar-refractivity contribution in [2.75, 3.05) is 19.8 Å². The number of benzene rings is 1. The monoisotopic (exact) mass is 320 g/mol. The molecular weight excluding hydrogens is 296 g/mol. The molecule has 1 atom stereocenters. The van der Waals surface area contributed by atoms with Gasteiger partial charge in [-0.15, -0.1) is 0 Å². The number of rotatable bonds is 7. The van der Waals surface area contributed by atoms with Gasteiger partial charge in [0, 0.05) is 6.54 Å². The van der Waals surface area contributed by atoms with Gasteiger partial charge in [0.1, 0.15) is 17.5 Å². The highest BCUT2D eigenvalue weighted by atomic mass is 16.5. The van der Waals surface area contributed by atoms with Crippen LogP contribution in [0.5, 0.6) is 11.5 Å². The summed E-state index contributed by atoms with van der Waals surface area (Å²) >= 11 is 0. The molecule has 1 heterocycles. The Bertz CT molecular complexity index is 516. The van der Waals surface area contributed by atoms with Crippen LogP contribution in [-0.2, 0) is 9.59 Å². The lowest BCUT2D eigenvalue weighted by Gasteiger charge is -2.15. The van der Waals surface area contributed by atoms with Gasteiger partial charge in [-0.3, -0.25) is 9.59 Å². The Morgan fingerprint density at radius 2 is 1.91 bits per heavy atom. The van der Waals surface area contributed by atoms with E-state index in [9.17, 15) is 9.59 Å². The molecule has 0 saturated carbocycles. The number of nitrogens with one attached hydrogen (secondary N) is 2. The fourth-order valence-corrected chi connectivity index (χ4v) is 2.31. The average molecular weight is 320 g/mol. The molecule has 0 bridgehead atoms. The van der Waals surface area contributed by atoms with Gasteiger partial charge in [-0.25, -0.2) is 0 Å². The summed E-state index contributed by atoms with van der Waals surface area (Å²) in [5.74, 6) is 0.958. The van der Waals surface area contributed by atoms with Gasteiger partial charge in [-0.05, 0) is 49.9 Å². The van der Waals surface area contributed by atoms with Crippen molar-refractivity contribution in [3.8, 4) is 11.5 Å². The molecule has 0 radical (unpaired) electrons. The van der Waals surface area contributed by atoms with Crippen LogP contribution in [0.1, 0.15) is 32.6 Å². The number of hydrogen-bond acceptors (Lipinski definition) is 4. The van der Waals surface area contributed by atoms with Crippen LogP contribution in [0.2, 0.25) is 0 Å². The molecule has 1 aliphatic rings. The smallest absolute Gasteiger partial charge is 0.258 e. The molecule has 0 spiro atoms. The van der Waals surface area contributed by atoms with Gasteiger partial charge in [-0.1, -0.05) is 6.92 Å². The minimum atomic E-state index is -0.460. The van der Waals surface area contributed by atoms with Gasteiger partial charge >= 0.3 is 0 Å². The molecule has 1 aromatic rings. The first-order valence-corrected chi connectivity index (χ1v) is 8.12. The van der Waals surface area contributed by atoms with Gasteiger partial charge in [0.15, 0.2) is 6.61 Å². The molecule has 1 fully saturated rings. The summed E-state index contributed by atoms with van der Waals surface area (Å²) in [6.07, 6.45) is 3.49. The van der Waals surface area contributed by atoms with Crippen LogP contribution in [0, 0.1) is 0 Å². The first-order chi connectivity index (χ1) is 11.2. The second kappa shape index (κ2) is 9.02. The molecule has 2 rings (SSSR count). The third-order valence-electron chi connectivity index (χ3n) is 3.54. The molecule has 1 aliphatic heterocycles. The molecule has 0 unspecified atom stereocenters. The second-order valence-electron chi connectivity index (χ2n) is 5.52. The first-order valence-electron chi connectivity index (χ1n) is 8.12. The van der Waals surface area contributed by atoms with E-state index in [0.717, 1.165) is 25.0 Å². The van der Waals surface area contributed by atoms with E-state index < -0.39 is 6.04 Å². The van der Waals surface area contributed by atoms with Gasteiger partial charge in [0.05, 0.1) is 6.61 Å². The number of carbonyl (C=O) groups is 2. The highest BCUT2D eigenvalue weighted by Gasteiger charge is 2.22. The van der Waals surface area contributed by atoms with Crippen LogP contribution in [0.3, 0.4) is 0 Å². The molecule has 1 saturated heterocycles. The molecule has 23 heavy (non-hydrogen) atoms. The van der Waals surface area contributed by atoms with Crippen molar-refractivity contribution in [3.63, 3.8) is 0 Å². The topological polar surface area (TPSA) is 76.7 Å². The maximum atomic E-state index is 11.9. The Morgan fingerprint density at radius 3 is 2.61 bits per heavy atom. The maximum absolute atomic E-state index is 11.9. The standard InChI is InChI=1S/C17H24N2O4/c1-2-11-22-13-6-8-14(9-7-13)23-12-16(20)19-15-5-3-4-10-18-17(15)21/h6-9,15H,2-5,10-12H2,1H3,(H,18,21)(H,19,20)/t15-/m0/s1. The summed E-state index contributed by atoms with van der Waals surface area (Å²) in [6.45, 7) is 3.28. The van der Waals surface area contributed by atoms with Crippen molar-refractivity contribution in [2.24, 2.45) is 0 Å². The SMILES string of the molecule is CCCOc1ccc(OCC(=O)N[C@H]2CCCCNC2=O)cc1. The van der Waals surface area contributed by atoms with Crippen molar-refractivity contribution in [1.29, 1.82) is 0 Å². The van der Waals surface area contributed by atoms with Crippen molar-refractivity contribution in [1.82, 2.24) is 10.6 Å². The third kappa shape index (κ3) is 5.81. The summed E-state index contributed by atoms with van der Waals surface area (Å²) in [6, 6.07) is 6.68. The summed E-state index contributed by atoms with van der Waals surface area (Å²) in [4.78, 5) is 23.7. The molecule has 2 amide bonds. The number of carbonyl (C=O) groups excluding carboxylic acids is 2. The molecule has 6 heteroatoms. The lowest BCUT2D eigenvalue weighted by molar-refractivity contribution is -0.129. The van der Waals surface area contributed by atoms with Gasteiger partial charge in [-0.2, -0.15) is 0 Å². The molecule has 0 aromatic heterocycles. The summed E-state index contributed by atoms with van der Waals surface area (Å²) in [5.41, 5.74) is 0. The predicted octanol–water partition coefficient (Wildman–Crippen LogP) is 1.64. The van der Waals surface area contributed by atoms with Crippen LogP contribution >= 0.6 is 0 Å². The lowest BCUT2D eigenvalue weighted by Crippen LogP contribution is -2.46. The van der Waals surface area contributed by atoms with E-state index >= 15 is 0 Å². The van der Waals surface area contributed by atoms with E-state index in [0.29, 0.717) is 25.3 Å². The highest BCUT2D eigenvalue weighted by molar-refractivity contribution is 5.88. The molecule has 6 nitrogen and oxygen atoms in total. The molecular formula is C17H24N2O4. The predicted molar refractivity (Wildman–Crippen MR) is 86.5 cm³/mol. The Labute approximate surface area is 136 Å². The zero-order valence-corrected chi connectivity index (χ0v) is 13.5. The maximum Gasteiger partial charge on any atom is 0.258 e. The van der Waals surface area contributed by atoms with Crippen molar-refractivity contribution in [2.45, 2.75) is 38.6 Å². The van der Waals surface area contributed by atoms with Crippen LogP contribution in [0.25, 0.3) is 0 Å². The largest absolute Gasteiger partial charge is 0.494 e. The fourth-order valence-electron chi connectivity index (χ4n) is 2.31. The Kier molecular flexibility index (Phi) is 6.72. The van der Waals surface area contributed by atoms with E-state index in [-0.39, 0.29) is 18.4 Å². The lowest BCUT2D eigenvalue weighted by atomic mass is 10.1. The average Bonchev–Trinajstić information content (AvgIpc) is 2.77. The van der Waals surface area contributed by atoms with E-state index in [1.807, 2.05) is 19.1 Å². The number of amides is 2. The van der Waals surface area contributed by atoms with Gasteiger partial charge in [0.25, 0.3) is 5.91 Å². The second-order valence-corrected chi connectivity index (χ2v) is 5.52. The highest BCUT2D eigenvalue weighted by Crippen LogP contribution is 2.17. The molecule has 1 aromatic carbocycles. The first kappa shape index (κ1) is 17.1. The van der Waals surface area contributed by atoms with Crippen LogP contribution in [0.4, 0.5) is 0 Å². The van der Waals surface area contributed by atoms with E-state index in [1.165, 1.54) is 0 Å². The number of ether oxygens (including phenoxy) is 2. The van der Waals surface area contributed by atoms with E-state index in [2.05, 4.69) is 10.6 Å². The Balaban J connectivity index is 1.76. The summed E-state index contributed by atoms with van der Waals surface area (Å²) in [7, 11) is 0. The zero-order chi connectivity index (χ0) is 16.5. The summed E-state index contributed by atoms with van der Waals surface area (Å²) < 4.78 is 10.9. The minimum absolute atomic E-state index is 0.112. The molecule has 126 valence electrons. The minimum Gasteiger partial charge on any atom is -0.494 e. The Hall–Kier alpha value is -2.24. The number of hydrogen-bond donors (Lipinski definition) is 2. The van der Waals surface area contributed by atoms with Gasteiger partial charge in [0.2, 0.25) is 5.91 Å². The van der Waals surface area contributed by atoms with Crippen molar-refractivity contribution >= 4 is 11.8 Å². The van der Waals surface area contributed by atoms with E-state index in [4.69, 9.17) is 9.47 Å². The summed E-state index contributed by atoms with van der Waals surface area (Å²) in [5, 5.41) is 5.51. The fraction of sp³-hybridized carbons (Fsp3) is 0.529. The van der Waals surface area contributed by atoms with Crippen molar-refractivity contribution in [3.05, 3.63) is 24.3 Å². The van der Waals surface area contributed by atoms with Gasteiger partial charge < -0.3 is 20.1 Å². The molecule has 2 N–H and O–H groups in total. The molecule has 0 aliphatic carbocycles. The van der Waals surface area contributed by atoms with Crippen LogP contribution in [0.15, 0.2) is 24.3 Å². The van der Waals surface area contributed by atoms with Crippen molar-refractivity contribution < 1.29 is 19.1 Å². The third-order valence-corrected chi connectivity index (χ3v) is 3.54.